The summed E-state index contributed by atoms with van der Waals surface area (Å²) in [6.45, 7) is 7.23. The minimum atomic E-state index is -0.632. The molecule has 0 aliphatic carbocycles. The zero-order chi connectivity index (χ0) is 22.4. The van der Waals surface area contributed by atoms with Crippen molar-refractivity contribution in [3.63, 3.8) is 0 Å². The maximum absolute atomic E-state index is 13.1. The molecule has 2 N–H and O–H groups in total. The van der Waals surface area contributed by atoms with Crippen LogP contribution in [0.3, 0.4) is 0 Å². The fraction of sp³-hybridized carbons (Fsp3) is 0.458. The molecule has 2 atom stereocenters. The van der Waals surface area contributed by atoms with Crippen LogP contribution in [-0.2, 0) is 4.79 Å². The zero-order valence-corrected chi connectivity index (χ0v) is 19.2. The summed E-state index contributed by atoms with van der Waals surface area (Å²) in [6, 6.07) is 12.0. The van der Waals surface area contributed by atoms with Crippen LogP contribution in [0.15, 0.2) is 47.8 Å². The van der Waals surface area contributed by atoms with Crippen LogP contribution in [0.25, 0.3) is 0 Å². The highest BCUT2D eigenvalue weighted by molar-refractivity contribution is 7.12. The van der Waals surface area contributed by atoms with Crippen LogP contribution in [0.4, 0.5) is 0 Å². The number of nitrogens with one attached hydrogen (secondary N) is 2. The Balaban J connectivity index is 1.69. The smallest absolute Gasteiger partial charge is 0.263 e. The molecule has 1 saturated heterocycles. The van der Waals surface area contributed by atoms with Crippen LogP contribution >= 0.6 is 11.3 Å². The highest BCUT2D eigenvalue weighted by Crippen LogP contribution is 2.24. The van der Waals surface area contributed by atoms with Gasteiger partial charge in [0.2, 0.25) is 5.91 Å². The van der Waals surface area contributed by atoms with Crippen LogP contribution < -0.4 is 10.6 Å². The molecule has 31 heavy (non-hydrogen) atoms. The molecule has 1 aliphatic heterocycles. The molecule has 0 radical (unpaired) electrons. The number of likely N-dealkylation sites (tertiary alicyclic amines) is 1. The Bertz CT molecular complexity index is 875. The second-order valence-corrected chi connectivity index (χ2v) is 9.41. The minimum Gasteiger partial charge on any atom is -0.352 e. The van der Waals surface area contributed by atoms with E-state index in [0.29, 0.717) is 37.4 Å². The normalized spacial score (nSPS) is 16.6. The van der Waals surface area contributed by atoms with Gasteiger partial charge < -0.3 is 15.5 Å². The lowest BCUT2D eigenvalue weighted by Gasteiger charge is -2.36. The third-order valence-corrected chi connectivity index (χ3v) is 6.86. The topological polar surface area (TPSA) is 78.5 Å². The molecule has 6 nitrogen and oxygen atoms in total. The number of amides is 3. The Labute approximate surface area is 188 Å². The Kier molecular flexibility index (Phi) is 7.85. The van der Waals surface area contributed by atoms with Crippen molar-refractivity contribution < 1.29 is 14.4 Å². The molecule has 0 saturated carbocycles. The van der Waals surface area contributed by atoms with Crippen molar-refractivity contribution in [3.05, 3.63) is 58.3 Å². The zero-order valence-electron chi connectivity index (χ0n) is 18.3. The molecule has 1 aromatic carbocycles. The van der Waals surface area contributed by atoms with E-state index in [9.17, 15) is 14.4 Å². The van der Waals surface area contributed by atoms with E-state index in [1.165, 1.54) is 11.3 Å². The Hall–Kier alpha value is -2.67. The molecule has 1 aliphatic rings. The van der Waals surface area contributed by atoms with Gasteiger partial charge in [0.25, 0.3) is 11.8 Å². The average molecular weight is 442 g/mol. The number of rotatable bonds is 7. The van der Waals surface area contributed by atoms with E-state index in [0.717, 1.165) is 4.88 Å². The maximum Gasteiger partial charge on any atom is 0.263 e. The predicted octanol–water partition coefficient (Wildman–Crippen LogP) is 3.56. The minimum absolute atomic E-state index is 0.00382. The molecule has 3 rings (SSSR count). The first kappa shape index (κ1) is 23.0. The molecule has 166 valence electrons. The average Bonchev–Trinajstić information content (AvgIpc) is 3.32. The van der Waals surface area contributed by atoms with E-state index >= 15 is 0 Å². The molecule has 3 amide bonds. The number of thiophene rings is 1. The molecule has 2 aromatic rings. The van der Waals surface area contributed by atoms with Gasteiger partial charge in [-0.25, -0.2) is 0 Å². The van der Waals surface area contributed by atoms with Gasteiger partial charge in [-0.1, -0.05) is 38.1 Å². The fourth-order valence-corrected chi connectivity index (χ4v) is 4.38. The monoisotopic (exact) mass is 441 g/mol. The van der Waals surface area contributed by atoms with Gasteiger partial charge in [0.1, 0.15) is 6.04 Å². The lowest BCUT2D eigenvalue weighted by molar-refractivity contribution is -0.125. The fourth-order valence-electron chi connectivity index (χ4n) is 3.68. The number of benzene rings is 1. The molecule has 0 unspecified atom stereocenters. The van der Waals surface area contributed by atoms with E-state index in [4.69, 9.17) is 0 Å². The van der Waals surface area contributed by atoms with Crippen molar-refractivity contribution in [2.45, 2.75) is 45.7 Å². The van der Waals surface area contributed by atoms with Crippen molar-refractivity contribution >= 4 is 29.1 Å². The van der Waals surface area contributed by atoms with Crippen molar-refractivity contribution in [1.82, 2.24) is 15.5 Å². The van der Waals surface area contributed by atoms with Crippen LogP contribution in [0.2, 0.25) is 0 Å². The summed E-state index contributed by atoms with van der Waals surface area (Å²) >= 11 is 1.44. The molecule has 0 spiro atoms. The van der Waals surface area contributed by atoms with Gasteiger partial charge in [0, 0.05) is 24.7 Å². The highest BCUT2D eigenvalue weighted by Gasteiger charge is 2.35. The molecule has 1 aromatic heterocycles. The second-order valence-electron chi connectivity index (χ2n) is 8.47. The largest absolute Gasteiger partial charge is 0.352 e. The number of hydrogen-bond acceptors (Lipinski definition) is 4. The van der Waals surface area contributed by atoms with Crippen molar-refractivity contribution in [1.29, 1.82) is 0 Å². The summed E-state index contributed by atoms with van der Waals surface area (Å²) in [5, 5.41) is 7.92. The van der Waals surface area contributed by atoms with Gasteiger partial charge in [-0.05, 0) is 55.2 Å². The van der Waals surface area contributed by atoms with E-state index in [2.05, 4.69) is 24.5 Å². The third kappa shape index (κ3) is 5.94. The molecular formula is C24H31N3O3S. The maximum atomic E-state index is 13.1. The summed E-state index contributed by atoms with van der Waals surface area (Å²) in [4.78, 5) is 41.1. The van der Waals surface area contributed by atoms with E-state index in [1.807, 2.05) is 35.4 Å². The van der Waals surface area contributed by atoms with Crippen LogP contribution in [0, 0.1) is 11.8 Å². The Morgan fingerprint density at radius 3 is 2.23 bits per heavy atom. The van der Waals surface area contributed by atoms with Crippen LogP contribution in [-0.4, -0.2) is 47.8 Å². The van der Waals surface area contributed by atoms with E-state index in [-0.39, 0.29) is 29.7 Å². The SMILES string of the molecule is CC(C)[C@@H](C)NC(=O)[C@@H](NC(=O)c1ccccc1)C1CCN(C(=O)c2cccs2)CC1. The quantitative estimate of drug-likeness (QED) is 0.690. The summed E-state index contributed by atoms with van der Waals surface area (Å²) in [7, 11) is 0. The molecule has 2 heterocycles. The number of nitrogens with zero attached hydrogens (tertiary/aromatic N) is 1. The molecule has 0 bridgehead atoms. The first-order valence-electron chi connectivity index (χ1n) is 10.9. The standard InChI is InChI=1S/C24H31N3O3S/c1-16(2)17(3)25-23(29)21(26-22(28)19-8-5-4-6-9-19)18-11-13-27(14-12-18)24(30)20-10-7-15-31-20/h4-10,15-18,21H,11-14H2,1-3H3,(H,25,29)(H,26,28)/t17-,21+/m1/s1. The lowest BCUT2D eigenvalue weighted by atomic mass is 9.88. The summed E-state index contributed by atoms with van der Waals surface area (Å²) < 4.78 is 0. The number of carbonyl (C=O) groups is 3. The highest BCUT2D eigenvalue weighted by atomic mass is 32.1. The summed E-state index contributed by atoms with van der Waals surface area (Å²) in [5.74, 6) is -0.112. The first-order valence-corrected chi connectivity index (χ1v) is 11.7. The first-order chi connectivity index (χ1) is 14.9. The summed E-state index contributed by atoms with van der Waals surface area (Å²) in [5.41, 5.74) is 0.530. The van der Waals surface area contributed by atoms with Crippen LogP contribution in [0.5, 0.6) is 0 Å². The molecular weight excluding hydrogens is 410 g/mol. The van der Waals surface area contributed by atoms with E-state index in [1.54, 1.807) is 24.3 Å². The predicted molar refractivity (Wildman–Crippen MR) is 123 cm³/mol. The second kappa shape index (κ2) is 10.6. The van der Waals surface area contributed by atoms with Gasteiger partial charge >= 0.3 is 0 Å². The lowest BCUT2D eigenvalue weighted by Crippen LogP contribution is -2.55. The van der Waals surface area contributed by atoms with Crippen molar-refractivity contribution in [3.8, 4) is 0 Å². The van der Waals surface area contributed by atoms with E-state index < -0.39 is 6.04 Å². The summed E-state index contributed by atoms with van der Waals surface area (Å²) in [6.07, 6.45) is 1.33. The number of hydrogen-bond donors (Lipinski definition) is 2. The number of carbonyl (C=O) groups excluding carboxylic acids is 3. The Morgan fingerprint density at radius 1 is 0.968 bits per heavy atom. The third-order valence-electron chi connectivity index (χ3n) is 6.01. The number of piperidine rings is 1. The molecule has 1 fully saturated rings. The van der Waals surface area contributed by atoms with Gasteiger partial charge in [-0.15, -0.1) is 11.3 Å². The van der Waals surface area contributed by atoms with Crippen LogP contribution in [0.1, 0.15) is 53.6 Å². The van der Waals surface area contributed by atoms with Crippen molar-refractivity contribution in [2.75, 3.05) is 13.1 Å². The Morgan fingerprint density at radius 2 is 1.65 bits per heavy atom. The molecule has 7 heteroatoms. The van der Waals surface area contributed by atoms with Gasteiger partial charge in [0.05, 0.1) is 4.88 Å². The van der Waals surface area contributed by atoms with Gasteiger partial charge in [-0.2, -0.15) is 0 Å². The van der Waals surface area contributed by atoms with Crippen molar-refractivity contribution in [2.24, 2.45) is 11.8 Å². The van der Waals surface area contributed by atoms with Gasteiger partial charge in [-0.3, -0.25) is 14.4 Å². The van der Waals surface area contributed by atoms with Gasteiger partial charge in [0.15, 0.2) is 0 Å².